The minimum atomic E-state index is -0.766. The number of aromatic nitrogens is 2. The number of nitrogens with one attached hydrogen (secondary N) is 1. The lowest BCUT2D eigenvalue weighted by molar-refractivity contribution is -0.151. The highest BCUT2D eigenvalue weighted by Crippen LogP contribution is 2.65. The Bertz CT molecular complexity index is 1150. The number of anilines is 2. The lowest BCUT2D eigenvalue weighted by atomic mass is 9.46. The molecular formula is C24H28ClN3O5. The van der Waals surface area contributed by atoms with Crippen LogP contribution in [0.4, 0.5) is 11.4 Å². The van der Waals surface area contributed by atoms with Gasteiger partial charge in [-0.25, -0.2) is 4.68 Å². The molecule has 4 aliphatic carbocycles. The number of carboxylic acids is 1. The predicted molar refractivity (Wildman–Crippen MR) is 124 cm³/mol. The summed E-state index contributed by atoms with van der Waals surface area (Å²) >= 11 is 6.57. The van der Waals surface area contributed by atoms with Gasteiger partial charge in [-0.3, -0.25) is 9.59 Å². The van der Waals surface area contributed by atoms with Crippen molar-refractivity contribution in [3.63, 3.8) is 0 Å². The molecule has 6 rings (SSSR count). The number of hydrogen-bond donors (Lipinski definition) is 2. The Labute approximate surface area is 196 Å². The van der Waals surface area contributed by atoms with Crippen LogP contribution in [0.5, 0.6) is 11.5 Å². The number of methoxy groups -OCH3 is 2. The van der Waals surface area contributed by atoms with E-state index < -0.39 is 11.5 Å². The van der Waals surface area contributed by atoms with E-state index in [0.29, 0.717) is 41.1 Å². The summed E-state index contributed by atoms with van der Waals surface area (Å²) in [6, 6.07) is 5.30. The molecule has 0 radical (unpaired) electrons. The molecule has 4 aliphatic rings. The lowest BCUT2D eigenvalue weighted by Crippen LogP contribution is -2.59. The number of aliphatic carboxylic acids is 1. The fraction of sp³-hybridized carbons (Fsp3) is 0.542. The largest absolute Gasteiger partial charge is 0.497 e. The van der Waals surface area contributed by atoms with Crippen molar-refractivity contribution in [3.05, 3.63) is 39.8 Å². The van der Waals surface area contributed by atoms with Crippen molar-refractivity contribution < 1.29 is 19.4 Å². The van der Waals surface area contributed by atoms with Gasteiger partial charge in [0.1, 0.15) is 16.5 Å². The zero-order chi connectivity index (χ0) is 23.4. The van der Waals surface area contributed by atoms with E-state index in [2.05, 4.69) is 10.4 Å². The van der Waals surface area contributed by atoms with Crippen molar-refractivity contribution in [3.8, 4) is 11.5 Å². The molecule has 33 heavy (non-hydrogen) atoms. The summed E-state index contributed by atoms with van der Waals surface area (Å²) in [4.78, 5) is 25.1. The molecule has 4 fully saturated rings. The summed E-state index contributed by atoms with van der Waals surface area (Å²) in [5.74, 6) is 1.30. The Morgan fingerprint density at radius 3 is 2.58 bits per heavy atom. The zero-order valence-corrected chi connectivity index (χ0v) is 19.5. The quantitative estimate of drug-likeness (QED) is 0.613. The van der Waals surface area contributed by atoms with E-state index in [1.807, 2.05) is 0 Å². The Morgan fingerprint density at radius 1 is 1.21 bits per heavy atom. The van der Waals surface area contributed by atoms with Gasteiger partial charge in [-0.1, -0.05) is 11.6 Å². The van der Waals surface area contributed by atoms with E-state index in [0.717, 1.165) is 32.1 Å². The minimum absolute atomic E-state index is 0.0536. The SMILES string of the molecule is COc1ccc(OC)c(Nc2cnn(C34C[C@@H]5C[C@H](CC(CC(=O)O)(C5)C3)C4)c(=O)c2Cl)c1. The standard InChI is InChI=1S/C24H28ClN3O5/c1-32-16-3-4-19(33-2)17(6-16)27-18-12-26-28(22(31)21(18)25)24-9-14-5-15(10-24)8-23(7-14,13-24)11-20(29)30/h3-4,6,12,14-15,27H,5,7-11,13H2,1-2H3,(H,29,30)/t14-,15-,23?,24?/m1/s1. The number of rotatable bonds is 7. The highest BCUT2D eigenvalue weighted by molar-refractivity contribution is 6.33. The molecule has 1 aromatic carbocycles. The van der Waals surface area contributed by atoms with E-state index in [1.165, 1.54) is 0 Å². The molecule has 2 N–H and O–H groups in total. The highest BCUT2D eigenvalue weighted by Gasteiger charge is 2.59. The molecule has 0 saturated heterocycles. The Morgan fingerprint density at radius 2 is 1.94 bits per heavy atom. The smallest absolute Gasteiger partial charge is 0.303 e. The first-order chi connectivity index (χ1) is 15.8. The summed E-state index contributed by atoms with van der Waals surface area (Å²) in [6.07, 6.45) is 7.06. The third-order valence-corrected chi connectivity index (χ3v) is 8.09. The van der Waals surface area contributed by atoms with Gasteiger partial charge >= 0.3 is 5.97 Å². The number of ether oxygens (including phenoxy) is 2. The summed E-state index contributed by atoms with van der Waals surface area (Å²) < 4.78 is 12.2. The molecule has 0 spiro atoms. The molecule has 2 aromatic rings. The molecule has 176 valence electrons. The minimum Gasteiger partial charge on any atom is -0.497 e. The molecule has 0 unspecified atom stereocenters. The first-order valence-electron chi connectivity index (χ1n) is 11.3. The fourth-order valence-electron chi connectivity index (χ4n) is 7.09. The van der Waals surface area contributed by atoms with E-state index >= 15 is 0 Å². The zero-order valence-electron chi connectivity index (χ0n) is 18.8. The maximum absolute atomic E-state index is 13.5. The monoisotopic (exact) mass is 473 g/mol. The van der Waals surface area contributed by atoms with Gasteiger partial charge in [-0.05, 0) is 67.9 Å². The van der Waals surface area contributed by atoms with Crippen LogP contribution in [0.25, 0.3) is 0 Å². The third kappa shape index (κ3) is 3.74. The van der Waals surface area contributed by atoms with Crippen molar-refractivity contribution in [2.75, 3.05) is 19.5 Å². The molecule has 2 atom stereocenters. The van der Waals surface area contributed by atoms with Gasteiger partial charge in [0.25, 0.3) is 5.56 Å². The molecule has 4 saturated carbocycles. The summed E-state index contributed by atoms with van der Waals surface area (Å²) in [7, 11) is 3.13. The summed E-state index contributed by atoms with van der Waals surface area (Å²) in [6.45, 7) is 0. The normalized spacial score (nSPS) is 29.7. The molecule has 8 nitrogen and oxygen atoms in total. The molecule has 1 aromatic heterocycles. The summed E-state index contributed by atoms with van der Waals surface area (Å²) in [5.41, 5.74) is -0.0841. The van der Waals surface area contributed by atoms with E-state index in [9.17, 15) is 14.7 Å². The highest BCUT2D eigenvalue weighted by atomic mass is 35.5. The van der Waals surface area contributed by atoms with Gasteiger partial charge in [-0.15, -0.1) is 0 Å². The van der Waals surface area contributed by atoms with Crippen LogP contribution in [-0.2, 0) is 10.3 Å². The van der Waals surface area contributed by atoms with Crippen LogP contribution < -0.4 is 20.3 Å². The van der Waals surface area contributed by atoms with Crippen molar-refractivity contribution in [1.82, 2.24) is 9.78 Å². The van der Waals surface area contributed by atoms with Gasteiger partial charge in [-0.2, -0.15) is 5.10 Å². The van der Waals surface area contributed by atoms with Crippen LogP contribution in [0.2, 0.25) is 5.02 Å². The Hall–Kier alpha value is -2.74. The van der Waals surface area contributed by atoms with Crippen LogP contribution in [-0.4, -0.2) is 35.1 Å². The molecule has 0 aliphatic heterocycles. The topological polar surface area (TPSA) is 103 Å². The van der Waals surface area contributed by atoms with E-state index in [4.69, 9.17) is 21.1 Å². The lowest BCUT2D eigenvalue weighted by Gasteiger charge is -2.61. The maximum atomic E-state index is 13.5. The van der Waals surface area contributed by atoms with Crippen molar-refractivity contribution >= 4 is 28.9 Å². The van der Waals surface area contributed by atoms with Crippen LogP contribution in [0.15, 0.2) is 29.2 Å². The third-order valence-electron chi connectivity index (χ3n) is 7.72. The maximum Gasteiger partial charge on any atom is 0.303 e. The fourth-order valence-corrected chi connectivity index (χ4v) is 7.27. The predicted octanol–water partition coefficient (Wildman–Crippen LogP) is 4.43. The molecule has 1 heterocycles. The second kappa shape index (κ2) is 7.94. The van der Waals surface area contributed by atoms with E-state index in [1.54, 1.807) is 43.3 Å². The van der Waals surface area contributed by atoms with Crippen molar-refractivity contribution in [2.24, 2.45) is 17.3 Å². The molecule has 0 amide bonds. The number of hydrogen-bond acceptors (Lipinski definition) is 6. The van der Waals surface area contributed by atoms with E-state index in [-0.39, 0.29) is 22.4 Å². The molecular weight excluding hydrogens is 446 g/mol. The number of carboxylic acid groups (broad SMARTS) is 1. The molecule has 9 heteroatoms. The van der Waals surface area contributed by atoms with Crippen molar-refractivity contribution in [2.45, 2.75) is 50.5 Å². The second-order valence-electron chi connectivity index (χ2n) is 10.0. The van der Waals surface area contributed by atoms with Gasteiger partial charge < -0.3 is 19.9 Å². The Kier molecular flexibility index (Phi) is 5.31. The summed E-state index contributed by atoms with van der Waals surface area (Å²) in [5, 5.41) is 17.3. The van der Waals surface area contributed by atoms with Crippen LogP contribution in [0.1, 0.15) is 44.9 Å². The number of carbonyl (C=O) groups is 1. The van der Waals surface area contributed by atoms with Crippen molar-refractivity contribution in [1.29, 1.82) is 0 Å². The average molecular weight is 474 g/mol. The molecule has 4 bridgehead atoms. The first kappa shape index (κ1) is 22.1. The second-order valence-corrected chi connectivity index (χ2v) is 10.4. The first-order valence-corrected chi connectivity index (χ1v) is 11.6. The van der Waals surface area contributed by atoms with Gasteiger partial charge in [0.15, 0.2) is 0 Å². The van der Waals surface area contributed by atoms with Crippen LogP contribution in [0, 0.1) is 17.3 Å². The van der Waals surface area contributed by atoms with Gasteiger partial charge in [0.05, 0.1) is 43.8 Å². The average Bonchev–Trinajstić information content (AvgIpc) is 2.75. The van der Waals surface area contributed by atoms with Gasteiger partial charge in [0.2, 0.25) is 0 Å². The van der Waals surface area contributed by atoms with Gasteiger partial charge in [0, 0.05) is 6.07 Å². The van der Waals surface area contributed by atoms with Crippen LogP contribution in [0.3, 0.4) is 0 Å². The number of benzene rings is 1. The Balaban J connectivity index is 1.50. The number of halogens is 1. The number of nitrogens with zero attached hydrogens (tertiary/aromatic N) is 2. The van der Waals surface area contributed by atoms with Crippen LogP contribution >= 0.6 is 11.6 Å².